The monoisotopic (exact) mass is 219 g/mol. The van der Waals surface area contributed by atoms with Crippen LogP contribution in [0.15, 0.2) is 0 Å². The van der Waals surface area contributed by atoms with Gasteiger partial charge in [0.05, 0.1) is 0 Å². The van der Waals surface area contributed by atoms with Crippen LogP contribution in [0.3, 0.4) is 0 Å². The molecule has 0 aromatic carbocycles. The van der Waals surface area contributed by atoms with Crippen LogP contribution in [0.5, 0.6) is 0 Å². The first kappa shape index (κ1) is 12.3. The Kier molecular flexibility index (Phi) is 4.68. The summed E-state index contributed by atoms with van der Waals surface area (Å²) in [4.78, 5) is 0. The maximum atomic E-state index is 5.70. The summed E-state index contributed by atoms with van der Waals surface area (Å²) in [6, 6.07) is 0. The second-order valence-electron chi connectivity index (χ2n) is 4.79. The summed E-state index contributed by atoms with van der Waals surface area (Å²) in [5, 5.41) is 0. The molecule has 0 aromatic rings. The Balaban J connectivity index is 0.000000980. The molecule has 2 fully saturated rings. The second-order valence-corrected chi connectivity index (χ2v) is 4.79. The number of halogens is 1. The Hall–Kier alpha value is 0.210. The van der Waals surface area contributed by atoms with E-state index in [4.69, 9.17) is 10.5 Å². The zero-order valence-corrected chi connectivity index (χ0v) is 9.65. The van der Waals surface area contributed by atoms with Crippen molar-refractivity contribution < 1.29 is 4.74 Å². The fourth-order valence-corrected chi connectivity index (χ4v) is 2.83. The van der Waals surface area contributed by atoms with Gasteiger partial charge in [-0.1, -0.05) is 0 Å². The zero-order chi connectivity index (χ0) is 9.15. The molecule has 84 valence electrons. The first-order chi connectivity index (χ1) is 6.35. The molecule has 0 radical (unpaired) electrons. The fourth-order valence-electron chi connectivity index (χ4n) is 2.83. The van der Waals surface area contributed by atoms with Crippen molar-refractivity contribution in [2.24, 2.45) is 17.1 Å². The molecule has 3 heteroatoms. The van der Waals surface area contributed by atoms with Gasteiger partial charge in [-0.25, -0.2) is 0 Å². The van der Waals surface area contributed by atoms with E-state index in [1.54, 1.807) is 0 Å². The summed E-state index contributed by atoms with van der Waals surface area (Å²) in [6.45, 7) is 2.88. The third kappa shape index (κ3) is 2.62. The highest BCUT2D eigenvalue weighted by molar-refractivity contribution is 5.85. The molecule has 1 saturated carbocycles. The molecule has 2 aliphatic rings. The lowest BCUT2D eigenvalue weighted by Gasteiger charge is -2.42. The molecule has 2 rings (SSSR count). The van der Waals surface area contributed by atoms with Crippen LogP contribution in [-0.4, -0.2) is 19.8 Å². The Bertz CT molecular complexity index is 159. The van der Waals surface area contributed by atoms with Crippen LogP contribution in [0.2, 0.25) is 0 Å². The Morgan fingerprint density at radius 3 is 2.14 bits per heavy atom. The third-order valence-electron chi connectivity index (χ3n) is 4.05. The zero-order valence-electron chi connectivity index (χ0n) is 8.84. The van der Waals surface area contributed by atoms with Crippen molar-refractivity contribution in [1.29, 1.82) is 0 Å². The molecule has 0 bridgehead atoms. The molecule has 1 aliphatic heterocycles. The van der Waals surface area contributed by atoms with E-state index in [0.29, 0.717) is 5.41 Å². The van der Waals surface area contributed by atoms with Gasteiger partial charge in [-0.2, -0.15) is 0 Å². The quantitative estimate of drug-likeness (QED) is 0.735. The molecular formula is C11H22ClNO. The molecule has 1 aliphatic carbocycles. The lowest BCUT2D eigenvalue weighted by Crippen LogP contribution is -2.35. The summed E-state index contributed by atoms with van der Waals surface area (Å²) in [7, 11) is 0. The van der Waals surface area contributed by atoms with E-state index in [1.807, 2.05) is 0 Å². The summed E-state index contributed by atoms with van der Waals surface area (Å²) in [5.41, 5.74) is 6.35. The van der Waals surface area contributed by atoms with Crippen LogP contribution in [0.4, 0.5) is 0 Å². The third-order valence-corrected chi connectivity index (χ3v) is 4.05. The summed E-state index contributed by atoms with van der Waals surface area (Å²) in [5.74, 6) is 0.813. The number of nitrogens with two attached hydrogens (primary N) is 1. The van der Waals surface area contributed by atoms with Crippen molar-refractivity contribution >= 4 is 12.4 Å². The van der Waals surface area contributed by atoms with Crippen LogP contribution in [0.25, 0.3) is 0 Å². The molecule has 14 heavy (non-hydrogen) atoms. The Morgan fingerprint density at radius 1 is 1.07 bits per heavy atom. The van der Waals surface area contributed by atoms with Crippen molar-refractivity contribution in [3.05, 3.63) is 0 Å². The van der Waals surface area contributed by atoms with Gasteiger partial charge in [0.25, 0.3) is 0 Å². The van der Waals surface area contributed by atoms with Crippen LogP contribution in [-0.2, 0) is 4.74 Å². The van der Waals surface area contributed by atoms with Crippen LogP contribution < -0.4 is 5.73 Å². The first-order valence-corrected chi connectivity index (χ1v) is 5.62. The SMILES string of the molecule is Cl.NCC1CCC2(CCOCC2)CC1. The molecule has 0 unspecified atom stereocenters. The summed E-state index contributed by atoms with van der Waals surface area (Å²) in [6.07, 6.45) is 8.11. The normalized spacial score (nSPS) is 27.2. The summed E-state index contributed by atoms with van der Waals surface area (Å²) < 4.78 is 5.43. The minimum atomic E-state index is 0. The number of rotatable bonds is 1. The smallest absolute Gasteiger partial charge is 0.0471 e. The van der Waals surface area contributed by atoms with Gasteiger partial charge >= 0.3 is 0 Å². The highest BCUT2D eigenvalue weighted by atomic mass is 35.5. The van der Waals surface area contributed by atoms with Crippen molar-refractivity contribution in [3.63, 3.8) is 0 Å². The molecule has 0 atom stereocenters. The van der Waals surface area contributed by atoms with E-state index in [1.165, 1.54) is 38.5 Å². The van der Waals surface area contributed by atoms with Crippen LogP contribution in [0, 0.1) is 11.3 Å². The van der Waals surface area contributed by atoms with E-state index in [-0.39, 0.29) is 12.4 Å². The van der Waals surface area contributed by atoms with Crippen molar-refractivity contribution in [2.75, 3.05) is 19.8 Å². The molecule has 0 aromatic heterocycles. The standard InChI is InChI=1S/C11H21NO.ClH/c12-9-10-1-3-11(4-2-10)5-7-13-8-6-11;/h10H,1-9,12H2;1H. The number of ether oxygens (including phenoxy) is 1. The molecule has 1 saturated heterocycles. The van der Waals surface area contributed by atoms with E-state index < -0.39 is 0 Å². The van der Waals surface area contributed by atoms with Crippen LogP contribution in [0.1, 0.15) is 38.5 Å². The van der Waals surface area contributed by atoms with Crippen molar-refractivity contribution in [2.45, 2.75) is 38.5 Å². The minimum absolute atomic E-state index is 0. The van der Waals surface area contributed by atoms with Gasteiger partial charge in [-0.15, -0.1) is 12.4 Å². The van der Waals surface area contributed by atoms with Gasteiger partial charge in [0.1, 0.15) is 0 Å². The van der Waals surface area contributed by atoms with Gasteiger partial charge in [0.2, 0.25) is 0 Å². The highest BCUT2D eigenvalue weighted by Gasteiger charge is 2.35. The lowest BCUT2D eigenvalue weighted by atomic mass is 9.66. The maximum absolute atomic E-state index is 5.70. The molecule has 1 spiro atoms. The highest BCUT2D eigenvalue weighted by Crippen LogP contribution is 2.45. The predicted octanol–water partition coefficient (Wildman–Crippen LogP) is 2.35. The Morgan fingerprint density at radius 2 is 1.64 bits per heavy atom. The molecule has 1 heterocycles. The van der Waals surface area contributed by atoms with Crippen molar-refractivity contribution in [3.8, 4) is 0 Å². The average Bonchev–Trinajstić information content (AvgIpc) is 2.20. The minimum Gasteiger partial charge on any atom is -0.381 e. The van der Waals surface area contributed by atoms with Crippen molar-refractivity contribution in [1.82, 2.24) is 0 Å². The second kappa shape index (κ2) is 5.34. The van der Waals surface area contributed by atoms with Gasteiger partial charge in [0.15, 0.2) is 0 Å². The molecular weight excluding hydrogens is 198 g/mol. The van der Waals surface area contributed by atoms with E-state index in [2.05, 4.69) is 0 Å². The van der Waals surface area contributed by atoms with E-state index >= 15 is 0 Å². The fraction of sp³-hybridized carbons (Fsp3) is 1.00. The van der Waals surface area contributed by atoms with Gasteiger partial charge < -0.3 is 10.5 Å². The maximum Gasteiger partial charge on any atom is 0.0471 e. The van der Waals surface area contributed by atoms with Gasteiger partial charge in [0, 0.05) is 13.2 Å². The van der Waals surface area contributed by atoms with E-state index in [0.717, 1.165) is 25.7 Å². The number of hydrogen-bond acceptors (Lipinski definition) is 2. The van der Waals surface area contributed by atoms with Gasteiger partial charge in [-0.05, 0) is 56.4 Å². The molecule has 2 nitrogen and oxygen atoms in total. The predicted molar refractivity (Wildman–Crippen MR) is 60.7 cm³/mol. The number of hydrogen-bond donors (Lipinski definition) is 1. The molecule has 0 amide bonds. The lowest BCUT2D eigenvalue weighted by molar-refractivity contribution is -0.0121. The van der Waals surface area contributed by atoms with Gasteiger partial charge in [-0.3, -0.25) is 0 Å². The van der Waals surface area contributed by atoms with E-state index in [9.17, 15) is 0 Å². The largest absolute Gasteiger partial charge is 0.381 e. The Labute approximate surface area is 93.0 Å². The topological polar surface area (TPSA) is 35.2 Å². The first-order valence-electron chi connectivity index (χ1n) is 5.62. The summed E-state index contributed by atoms with van der Waals surface area (Å²) >= 11 is 0. The average molecular weight is 220 g/mol. The van der Waals surface area contributed by atoms with Crippen LogP contribution >= 0.6 is 12.4 Å². The molecule has 2 N–H and O–H groups in total.